The van der Waals surface area contributed by atoms with Crippen LogP contribution in [-0.2, 0) is 4.74 Å². The molecule has 1 amide bonds. The van der Waals surface area contributed by atoms with Crippen molar-refractivity contribution >= 4 is 23.0 Å². The van der Waals surface area contributed by atoms with Crippen LogP contribution in [0.5, 0.6) is 0 Å². The maximum atomic E-state index is 10.9. The Bertz CT molecular complexity index is 206. The van der Waals surface area contributed by atoms with Gasteiger partial charge in [-0.05, 0) is 6.92 Å². The second-order valence-corrected chi connectivity index (χ2v) is 3.85. The molecule has 0 radical (unpaired) electrons. The number of nitrogens with one attached hydrogen (secondary N) is 1. The highest BCUT2D eigenvalue weighted by Gasteiger charge is 2.16. The molecular formula is C7H12N2O2S. The molecule has 0 bridgehead atoms. The standard InChI is InChI=1S/C7H12N2O2S/c1-3-11-7(10)9-6-8-4-5(2)12-6/h5H,3-4H2,1-2H3,(H,8,9,10)/t5-/m1/s1. The fourth-order valence-electron chi connectivity index (χ4n) is 0.800. The monoisotopic (exact) mass is 188 g/mol. The van der Waals surface area contributed by atoms with Crippen LogP contribution >= 0.6 is 11.8 Å². The quantitative estimate of drug-likeness (QED) is 0.673. The number of hydrogen-bond donors (Lipinski definition) is 1. The van der Waals surface area contributed by atoms with E-state index in [4.69, 9.17) is 4.74 Å². The Morgan fingerprint density at radius 1 is 1.92 bits per heavy atom. The molecule has 1 heterocycles. The van der Waals surface area contributed by atoms with Gasteiger partial charge in [-0.3, -0.25) is 10.3 Å². The van der Waals surface area contributed by atoms with Crippen LogP contribution < -0.4 is 5.32 Å². The second kappa shape index (κ2) is 4.35. The van der Waals surface area contributed by atoms with Gasteiger partial charge in [0.2, 0.25) is 0 Å². The zero-order chi connectivity index (χ0) is 8.97. The number of ether oxygens (including phenoxy) is 1. The number of amidine groups is 1. The molecule has 12 heavy (non-hydrogen) atoms. The number of thioether (sulfide) groups is 1. The van der Waals surface area contributed by atoms with Crippen molar-refractivity contribution in [3.63, 3.8) is 0 Å². The highest BCUT2D eigenvalue weighted by molar-refractivity contribution is 8.14. The summed E-state index contributed by atoms with van der Waals surface area (Å²) in [5.74, 6) is 0. The summed E-state index contributed by atoms with van der Waals surface area (Å²) in [4.78, 5) is 15.0. The lowest BCUT2D eigenvalue weighted by molar-refractivity contribution is 0.158. The van der Waals surface area contributed by atoms with E-state index in [9.17, 15) is 4.79 Å². The number of amides is 1. The van der Waals surface area contributed by atoms with Crippen LogP contribution in [0.3, 0.4) is 0 Å². The van der Waals surface area contributed by atoms with E-state index in [0.29, 0.717) is 17.0 Å². The van der Waals surface area contributed by atoms with Crippen LogP contribution in [0.4, 0.5) is 4.79 Å². The maximum absolute atomic E-state index is 10.9. The number of aliphatic imine (C=N–C) groups is 1. The Balaban J connectivity index is 2.27. The third kappa shape index (κ3) is 2.73. The van der Waals surface area contributed by atoms with Crippen molar-refractivity contribution in [3.05, 3.63) is 0 Å². The van der Waals surface area contributed by atoms with Crippen molar-refractivity contribution in [1.82, 2.24) is 5.32 Å². The van der Waals surface area contributed by atoms with Gasteiger partial charge in [0.05, 0.1) is 13.2 Å². The summed E-state index contributed by atoms with van der Waals surface area (Å²) < 4.78 is 4.69. The summed E-state index contributed by atoms with van der Waals surface area (Å²) in [5, 5.41) is 3.69. The normalized spacial score (nSPS) is 21.8. The summed E-state index contributed by atoms with van der Waals surface area (Å²) >= 11 is 1.56. The molecule has 0 aromatic rings. The number of hydrogen-bond acceptors (Lipinski definition) is 4. The van der Waals surface area contributed by atoms with Gasteiger partial charge in [-0.15, -0.1) is 0 Å². The average molecular weight is 188 g/mol. The van der Waals surface area contributed by atoms with E-state index in [1.54, 1.807) is 18.7 Å². The van der Waals surface area contributed by atoms with Crippen molar-refractivity contribution < 1.29 is 9.53 Å². The summed E-state index contributed by atoms with van der Waals surface area (Å²) in [6.45, 7) is 4.99. The highest BCUT2D eigenvalue weighted by Crippen LogP contribution is 2.18. The van der Waals surface area contributed by atoms with Crippen LogP contribution in [0.15, 0.2) is 4.99 Å². The third-order valence-electron chi connectivity index (χ3n) is 1.29. The zero-order valence-electron chi connectivity index (χ0n) is 7.16. The van der Waals surface area contributed by atoms with E-state index in [2.05, 4.69) is 17.2 Å². The minimum atomic E-state index is -0.419. The summed E-state index contributed by atoms with van der Waals surface area (Å²) in [5.41, 5.74) is 0. The molecule has 0 aromatic heterocycles. The van der Waals surface area contributed by atoms with Gasteiger partial charge in [0, 0.05) is 5.25 Å². The van der Waals surface area contributed by atoms with Crippen molar-refractivity contribution in [2.75, 3.05) is 13.2 Å². The molecule has 1 atom stereocenters. The SMILES string of the molecule is CCOC(=O)NC1=NC[C@@H](C)S1. The van der Waals surface area contributed by atoms with E-state index in [1.807, 2.05) is 0 Å². The summed E-state index contributed by atoms with van der Waals surface area (Å²) in [7, 11) is 0. The van der Waals surface area contributed by atoms with Crippen LogP contribution in [0, 0.1) is 0 Å². The zero-order valence-corrected chi connectivity index (χ0v) is 7.98. The van der Waals surface area contributed by atoms with Gasteiger partial charge < -0.3 is 4.74 Å². The number of rotatable bonds is 1. The molecule has 5 heteroatoms. The molecule has 1 aliphatic rings. The first kappa shape index (κ1) is 9.38. The van der Waals surface area contributed by atoms with E-state index < -0.39 is 6.09 Å². The second-order valence-electron chi connectivity index (χ2n) is 2.42. The third-order valence-corrected chi connectivity index (χ3v) is 2.30. The van der Waals surface area contributed by atoms with E-state index >= 15 is 0 Å². The number of alkyl carbamates (subject to hydrolysis) is 1. The van der Waals surface area contributed by atoms with Crippen LogP contribution in [0.25, 0.3) is 0 Å². The molecule has 0 spiro atoms. The molecule has 1 rings (SSSR count). The van der Waals surface area contributed by atoms with E-state index in [0.717, 1.165) is 6.54 Å². The molecule has 0 saturated heterocycles. The fourth-order valence-corrected chi connectivity index (χ4v) is 1.62. The molecule has 0 aliphatic carbocycles. The Kier molecular flexibility index (Phi) is 3.40. The summed E-state index contributed by atoms with van der Waals surface area (Å²) in [6, 6.07) is 0. The van der Waals surface area contributed by atoms with Gasteiger partial charge in [0.25, 0.3) is 0 Å². The molecule has 0 unspecified atom stereocenters. The predicted octanol–water partition coefficient (Wildman–Crippen LogP) is 1.22. The predicted molar refractivity (Wildman–Crippen MR) is 49.5 cm³/mol. The number of carbonyl (C=O) groups excluding carboxylic acids is 1. The Morgan fingerprint density at radius 2 is 2.67 bits per heavy atom. The maximum Gasteiger partial charge on any atom is 0.413 e. The Morgan fingerprint density at radius 3 is 3.17 bits per heavy atom. The molecular weight excluding hydrogens is 176 g/mol. The fraction of sp³-hybridized carbons (Fsp3) is 0.714. The van der Waals surface area contributed by atoms with Crippen LogP contribution in [0.1, 0.15) is 13.8 Å². The lowest BCUT2D eigenvalue weighted by Gasteiger charge is -2.03. The van der Waals surface area contributed by atoms with Crippen molar-refractivity contribution in [2.24, 2.45) is 4.99 Å². The summed E-state index contributed by atoms with van der Waals surface area (Å²) in [6.07, 6.45) is -0.419. The number of nitrogens with zero attached hydrogens (tertiary/aromatic N) is 1. The minimum absolute atomic E-state index is 0.388. The lowest BCUT2D eigenvalue weighted by Crippen LogP contribution is -2.28. The van der Waals surface area contributed by atoms with Crippen LogP contribution in [-0.4, -0.2) is 29.7 Å². The van der Waals surface area contributed by atoms with E-state index in [-0.39, 0.29) is 0 Å². The van der Waals surface area contributed by atoms with Gasteiger partial charge in [-0.1, -0.05) is 18.7 Å². The molecule has 0 saturated carbocycles. The minimum Gasteiger partial charge on any atom is -0.450 e. The molecule has 1 aliphatic heterocycles. The Labute approximate surface area is 75.8 Å². The number of carbonyl (C=O) groups is 1. The van der Waals surface area contributed by atoms with Gasteiger partial charge in [-0.25, -0.2) is 4.79 Å². The molecule has 68 valence electrons. The van der Waals surface area contributed by atoms with Gasteiger partial charge >= 0.3 is 6.09 Å². The topological polar surface area (TPSA) is 50.7 Å². The van der Waals surface area contributed by atoms with Crippen LogP contribution in [0.2, 0.25) is 0 Å². The van der Waals surface area contributed by atoms with Gasteiger partial charge in [-0.2, -0.15) is 0 Å². The van der Waals surface area contributed by atoms with E-state index in [1.165, 1.54) is 0 Å². The van der Waals surface area contributed by atoms with Crippen molar-refractivity contribution in [1.29, 1.82) is 0 Å². The smallest absolute Gasteiger partial charge is 0.413 e. The highest BCUT2D eigenvalue weighted by atomic mass is 32.2. The first-order valence-corrected chi connectivity index (χ1v) is 4.75. The molecule has 0 aromatic carbocycles. The Hall–Kier alpha value is -0.710. The molecule has 4 nitrogen and oxygen atoms in total. The largest absolute Gasteiger partial charge is 0.450 e. The lowest BCUT2D eigenvalue weighted by atomic mass is 10.5. The first-order valence-electron chi connectivity index (χ1n) is 3.87. The average Bonchev–Trinajstić information content (AvgIpc) is 2.36. The van der Waals surface area contributed by atoms with Gasteiger partial charge in [0.15, 0.2) is 5.17 Å². The van der Waals surface area contributed by atoms with Gasteiger partial charge in [0.1, 0.15) is 0 Å². The van der Waals surface area contributed by atoms with Crippen molar-refractivity contribution in [3.8, 4) is 0 Å². The molecule has 0 fully saturated rings. The van der Waals surface area contributed by atoms with Crippen molar-refractivity contribution in [2.45, 2.75) is 19.1 Å². The first-order chi connectivity index (χ1) is 5.72. The molecule has 1 N–H and O–H groups in total.